The van der Waals surface area contributed by atoms with Gasteiger partial charge in [-0.1, -0.05) is 73.1 Å². The van der Waals surface area contributed by atoms with Crippen molar-refractivity contribution in [3.8, 4) is 5.75 Å². The van der Waals surface area contributed by atoms with E-state index in [-0.39, 0.29) is 5.92 Å². The summed E-state index contributed by atoms with van der Waals surface area (Å²) in [4.78, 5) is 0. The lowest BCUT2D eigenvalue weighted by Crippen LogP contribution is -2.49. The molecule has 0 aliphatic carbocycles. The Morgan fingerprint density at radius 2 is 1.70 bits per heavy atom. The van der Waals surface area contributed by atoms with Gasteiger partial charge in [0.1, 0.15) is 0 Å². The van der Waals surface area contributed by atoms with Crippen molar-refractivity contribution < 1.29 is 30.2 Å². The van der Waals surface area contributed by atoms with E-state index in [1.165, 1.54) is 17.3 Å². The minimum Gasteiger partial charge on any atom is -0.373 e. The van der Waals surface area contributed by atoms with Crippen molar-refractivity contribution in [3.05, 3.63) is 59.9 Å². The Bertz CT molecular complexity index is 969. The average molecular weight is 461 g/mol. The average Bonchev–Trinajstić information content (AvgIpc) is 2.70. The van der Waals surface area contributed by atoms with Gasteiger partial charge in [-0.25, -0.2) is 4.39 Å². The van der Waals surface area contributed by atoms with Crippen LogP contribution in [0.2, 0.25) is 18.1 Å². The van der Waals surface area contributed by atoms with Crippen molar-refractivity contribution in [1.82, 2.24) is 0 Å². The van der Waals surface area contributed by atoms with E-state index in [2.05, 4.69) is 35.4 Å². The summed E-state index contributed by atoms with van der Waals surface area (Å²) >= 11 is 0. The van der Waals surface area contributed by atoms with Gasteiger partial charge in [0.2, 0.25) is 0 Å². The van der Waals surface area contributed by atoms with Gasteiger partial charge in [-0.3, -0.25) is 0 Å². The summed E-state index contributed by atoms with van der Waals surface area (Å²) in [6.07, 6.45) is 2.86. The van der Waals surface area contributed by atoms with E-state index in [4.69, 9.17) is 0 Å². The van der Waals surface area contributed by atoms with E-state index >= 15 is 0 Å². The van der Waals surface area contributed by atoms with Crippen LogP contribution in [0.5, 0.6) is 5.75 Å². The van der Waals surface area contributed by atoms with E-state index in [0.29, 0.717) is 5.56 Å². The van der Waals surface area contributed by atoms with Crippen molar-refractivity contribution in [1.29, 1.82) is 0 Å². The lowest BCUT2D eigenvalue weighted by molar-refractivity contribution is -0.0500. The number of hydrogen-bond acceptors (Lipinski definition) is 3. The molecular formula is C21H24F4O3SSi. The maximum absolute atomic E-state index is 14.3. The van der Waals surface area contributed by atoms with Gasteiger partial charge in [-0.05, 0) is 36.5 Å². The molecule has 3 rings (SSSR count). The first kappa shape index (κ1) is 22.8. The molecule has 9 heteroatoms. The van der Waals surface area contributed by atoms with Gasteiger partial charge in [0.15, 0.2) is 11.6 Å². The SMILES string of the molecule is CCC[Si]1(c2ccccc2)CCC(c2ccc(OS(=O)(=O)C(F)(F)F)c(F)c2)CC1. The Morgan fingerprint density at radius 3 is 2.23 bits per heavy atom. The number of rotatable bonds is 6. The second kappa shape index (κ2) is 8.70. The predicted octanol–water partition coefficient (Wildman–Crippen LogP) is 5.70. The Hall–Kier alpha value is -1.87. The van der Waals surface area contributed by atoms with Crippen molar-refractivity contribution in [2.24, 2.45) is 0 Å². The maximum atomic E-state index is 14.3. The Kier molecular flexibility index (Phi) is 6.62. The van der Waals surface area contributed by atoms with Crippen LogP contribution in [-0.2, 0) is 10.1 Å². The van der Waals surface area contributed by atoms with Crippen LogP contribution in [0.25, 0.3) is 0 Å². The predicted molar refractivity (Wildman–Crippen MR) is 111 cm³/mol. The second-order valence-corrected chi connectivity index (χ2v) is 14.0. The highest BCUT2D eigenvalue weighted by Gasteiger charge is 2.49. The summed E-state index contributed by atoms with van der Waals surface area (Å²) < 4.78 is 77.9. The summed E-state index contributed by atoms with van der Waals surface area (Å²) in [6, 6.07) is 17.4. The van der Waals surface area contributed by atoms with E-state index in [0.717, 1.165) is 43.5 Å². The molecule has 1 fully saturated rings. The molecule has 1 saturated heterocycles. The number of alkyl halides is 3. The summed E-state index contributed by atoms with van der Waals surface area (Å²) in [5, 5.41) is 1.44. The Balaban J connectivity index is 1.75. The van der Waals surface area contributed by atoms with Crippen molar-refractivity contribution in [3.63, 3.8) is 0 Å². The van der Waals surface area contributed by atoms with Gasteiger partial charge < -0.3 is 4.18 Å². The first-order valence-corrected chi connectivity index (χ1v) is 14.0. The molecule has 2 aromatic carbocycles. The third-order valence-electron chi connectivity index (χ3n) is 5.97. The fraction of sp³-hybridized carbons (Fsp3) is 0.429. The molecule has 0 bridgehead atoms. The van der Waals surface area contributed by atoms with Crippen LogP contribution >= 0.6 is 0 Å². The van der Waals surface area contributed by atoms with Crippen LogP contribution in [0.3, 0.4) is 0 Å². The molecule has 1 heterocycles. The Morgan fingerprint density at radius 1 is 1.07 bits per heavy atom. The van der Waals surface area contributed by atoms with E-state index in [1.54, 1.807) is 0 Å². The summed E-state index contributed by atoms with van der Waals surface area (Å²) in [5.74, 6) is -1.95. The zero-order chi connectivity index (χ0) is 22.0. The van der Waals surface area contributed by atoms with Crippen LogP contribution in [0, 0.1) is 5.82 Å². The minimum atomic E-state index is -5.90. The minimum absolute atomic E-state index is 0.0916. The number of benzene rings is 2. The van der Waals surface area contributed by atoms with Crippen LogP contribution in [0.15, 0.2) is 48.5 Å². The molecule has 0 spiro atoms. The molecule has 2 aromatic rings. The van der Waals surface area contributed by atoms with Gasteiger partial charge in [0.25, 0.3) is 0 Å². The summed E-state index contributed by atoms with van der Waals surface area (Å²) in [6.45, 7) is 2.19. The fourth-order valence-corrected chi connectivity index (χ4v) is 10.2. The lowest BCUT2D eigenvalue weighted by Gasteiger charge is -2.39. The second-order valence-electron chi connectivity index (χ2n) is 7.84. The van der Waals surface area contributed by atoms with Crippen LogP contribution in [-0.4, -0.2) is 22.0 Å². The van der Waals surface area contributed by atoms with Crippen LogP contribution < -0.4 is 9.37 Å². The van der Waals surface area contributed by atoms with Crippen molar-refractivity contribution in [2.75, 3.05) is 0 Å². The summed E-state index contributed by atoms with van der Waals surface area (Å²) in [7, 11) is -7.53. The monoisotopic (exact) mass is 460 g/mol. The molecule has 0 radical (unpaired) electrons. The first-order chi connectivity index (χ1) is 14.1. The fourth-order valence-electron chi connectivity index (χ4n) is 4.46. The third-order valence-corrected chi connectivity index (χ3v) is 12.4. The molecule has 0 amide bonds. The van der Waals surface area contributed by atoms with Gasteiger partial charge in [-0.15, -0.1) is 0 Å². The van der Waals surface area contributed by atoms with Crippen LogP contribution in [0.1, 0.15) is 37.7 Å². The van der Waals surface area contributed by atoms with Gasteiger partial charge in [-0.2, -0.15) is 21.6 Å². The third kappa shape index (κ3) is 4.72. The van der Waals surface area contributed by atoms with Crippen molar-refractivity contribution in [2.45, 2.75) is 55.7 Å². The lowest BCUT2D eigenvalue weighted by atomic mass is 9.93. The molecule has 0 atom stereocenters. The number of hydrogen-bond donors (Lipinski definition) is 0. The molecule has 0 unspecified atom stereocenters. The van der Waals surface area contributed by atoms with E-state index < -0.39 is 35.3 Å². The standard InChI is InChI=1S/C21H24F4O3SSi/c1-2-12-30(18-6-4-3-5-7-18)13-10-16(11-14-30)17-8-9-20(19(22)15-17)28-29(26,27)21(23,24)25/h3-9,15-16H,2,10-14H2,1H3. The highest BCUT2D eigenvalue weighted by molar-refractivity contribution is 7.88. The van der Waals surface area contributed by atoms with Gasteiger partial charge >= 0.3 is 15.6 Å². The highest BCUT2D eigenvalue weighted by atomic mass is 32.2. The van der Waals surface area contributed by atoms with Gasteiger partial charge in [0, 0.05) is 0 Å². The topological polar surface area (TPSA) is 43.4 Å². The first-order valence-electron chi connectivity index (χ1n) is 9.94. The molecule has 1 aliphatic rings. The van der Waals surface area contributed by atoms with E-state index in [1.807, 2.05) is 6.07 Å². The smallest absolute Gasteiger partial charge is 0.373 e. The molecule has 3 nitrogen and oxygen atoms in total. The molecule has 0 aromatic heterocycles. The Labute approximate surface area is 175 Å². The molecular weight excluding hydrogens is 436 g/mol. The zero-order valence-corrected chi connectivity index (χ0v) is 18.4. The molecule has 1 aliphatic heterocycles. The normalized spacial score (nSPS) is 22.6. The molecule has 0 N–H and O–H groups in total. The quantitative estimate of drug-likeness (QED) is 0.240. The molecule has 0 saturated carbocycles. The van der Waals surface area contributed by atoms with Gasteiger partial charge in [0.05, 0.1) is 8.07 Å². The molecule has 164 valence electrons. The van der Waals surface area contributed by atoms with E-state index in [9.17, 15) is 26.0 Å². The van der Waals surface area contributed by atoms with Crippen molar-refractivity contribution >= 4 is 23.4 Å². The largest absolute Gasteiger partial charge is 0.534 e. The highest BCUT2D eigenvalue weighted by Crippen LogP contribution is 2.41. The van der Waals surface area contributed by atoms with Crippen LogP contribution in [0.4, 0.5) is 17.6 Å². The molecule has 30 heavy (non-hydrogen) atoms. The zero-order valence-electron chi connectivity index (χ0n) is 16.6. The maximum Gasteiger partial charge on any atom is 0.534 e. The summed E-state index contributed by atoms with van der Waals surface area (Å²) in [5.41, 5.74) is -4.94. The number of halogens is 4.